The summed E-state index contributed by atoms with van der Waals surface area (Å²) >= 11 is 0. The van der Waals surface area contributed by atoms with Crippen LogP contribution in [0.2, 0.25) is 0 Å². The van der Waals surface area contributed by atoms with E-state index in [-0.39, 0.29) is 11.4 Å². The minimum Gasteiger partial charge on any atom is -0.405 e. The summed E-state index contributed by atoms with van der Waals surface area (Å²) in [5.74, 6) is 0.257. The van der Waals surface area contributed by atoms with E-state index in [0.29, 0.717) is 5.90 Å². The van der Waals surface area contributed by atoms with Crippen LogP contribution in [0.4, 0.5) is 0 Å². The molecule has 0 aromatic heterocycles. The van der Waals surface area contributed by atoms with Crippen molar-refractivity contribution in [3.63, 3.8) is 0 Å². The van der Waals surface area contributed by atoms with Crippen molar-refractivity contribution in [2.24, 2.45) is 10.4 Å². The Morgan fingerprint density at radius 2 is 1.68 bits per heavy atom. The summed E-state index contributed by atoms with van der Waals surface area (Å²) in [7, 11) is 0. The molecule has 22 heavy (non-hydrogen) atoms. The quantitative estimate of drug-likeness (QED) is 0.813. The van der Waals surface area contributed by atoms with Crippen molar-refractivity contribution >= 4 is 11.9 Å². The molecule has 2 aliphatic rings. The van der Waals surface area contributed by atoms with Crippen LogP contribution in [0.5, 0.6) is 0 Å². The Bertz CT molecular complexity index is 754. The number of rotatable bonds is 3. The van der Waals surface area contributed by atoms with Crippen molar-refractivity contribution in [3.05, 3.63) is 71.8 Å². The van der Waals surface area contributed by atoms with Crippen LogP contribution in [-0.2, 0) is 16.0 Å². The SMILES string of the molecule is C[C@@]1(Cc2ccccc2)C[C@]12N=C(c1ccccc1)OC2=O. The second-order valence-corrected chi connectivity index (χ2v) is 6.43. The fourth-order valence-electron chi connectivity index (χ4n) is 3.39. The molecule has 1 saturated carbocycles. The molecule has 0 bridgehead atoms. The molecule has 2 aromatic rings. The Morgan fingerprint density at radius 1 is 1.05 bits per heavy atom. The summed E-state index contributed by atoms with van der Waals surface area (Å²) in [6.45, 7) is 2.12. The Morgan fingerprint density at radius 3 is 2.36 bits per heavy atom. The fraction of sp³-hybridized carbons (Fsp3) is 0.263. The van der Waals surface area contributed by atoms with Gasteiger partial charge in [0.15, 0.2) is 5.54 Å². The van der Waals surface area contributed by atoms with E-state index < -0.39 is 5.54 Å². The maximum atomic E-state index is 12.4. The molecule has 1 heterocycles. The lowest BCUT2D eigenvalue weighted by molar-refractivity contribution is -0.136. The van der Waals surface area contributed by atoms with Gasteiger partial charge in [0.05, 0.1) is 0 Å². The molecule has 0 amide bonds. The molecule has 1 aliphatic carbocycles. The van der Waals surface area contributed by atoms with Crippen LogP contribution in [0.25, 0.3) is 0 Å². The molecular weight excluding hydrogens is 274 g/mol. The summed E-state index contributed by atoms with van der Waals surface area (Å²) < 4.78 is 5.47. The van der Waals surface area contributed by atoms with Gasteiger partial charge in [-0.25, -0.2) is 9.79 Å². The van der Waals surface area contributed by atoms with Crippen molar-refractivity contribution in [3.8, 4) is 0 Å². The van der Waals surface area contributed by atoms with Crippen LogP contribution in [0.3, 0.4) is 0 Å². The molecule has 1 spiro atoms. The van der Waals surface area contributed by atoms with Crippen LogP contribution in [0.1, 0.15) is 24.5 Å². The van der Waals surface area contributed by atoms with Gasteiger partial charge in [-0.05, 0) is 30.5 Å². The summed E-state index contributed by atoms with van der Waals surface area (Å²) in [6.07, 6.45) is 1.60. The number of cyclic esters (lactones) is 1. The highest BCUT2D eigenvalue weighted by Crippen LogP contribution is 2.63. The molecule has 0 unspecified atom stereocenters. The second kappa shape index (κ2) is 4.54. The maximum absolute atomic E-state index is 12.4. The van der Waals surface area contributed by atoms with E-state index in [0.717, 1.165) is 18.4 Å². The van der Waals surface area contributed by atoms with Gasteiger partial charge in [0.25, 0.3) is 0 Å². The highest BCUT2D eigenvalue weighted by Gasteiger charge is 2.73. The number of ether oxygens (including phenoxy) is 1. The summed E-state index contributed by atoms with van der Waals surface area (Å²) in [5, 5.41) is 0. The van der Waals surface area contributed by atoms with E-state index in [1.807, 2.05) is 48.5 Å². The van der Waals surface area contributed by atoms with Crippen LogP contribution in [0, 0.1) is 5.41 Å². The number of aliphatic imine (C=N–C) groups is 1. The number of benzene rings is 2. The van der Waals surface area contributed by atoms with Gasteiger partial charge in [-0.15, -0.1) is 0 Å². The molecule has 3 nitrogen and oxygen atoms in total. The minimum absolute atomic E-state index is 0.151. The van der Waals surface area contributed by atoms with Gasteiger partial charge in [-0.3, -0.25) is 0 Å². The normalized spacial score (nSPS) is 29.3. The molecule has 0 N–H and O–H groups in total. The lowest BCUT2D eigenvalue weighted by Gasteiger charge is -2.12. The first-order valence-electron chi connectivity index (χ1n) is 7.55. The monoisotopic (exact) mass is 291 g/mol. The van der Waals surface area contributed by atoms with Crippen LogP contribution < -0.4 is 0 Å². The van der Waals surface area contributed by atoms with Gasteiger partial charge in [-0.1, -0.05) is 55.5 Å². The van der Waals surface area contributed by atoms with Crippen LogP contribution in [0.15, 0.2) is 65.7 Å². The smallest absolute Gasteiger partial charge is 0.341 e. The van der Waals surface area contributed by atoms with Gasteiger partial charge in [0.1, 0.15) is 0 Å². The summed E-state index contributed by atoms with van der Waals surface area (Å²) in [6, 6.07) is 19.9. The summed E-state index contributed by atoms with van der Waals surface area (Å²) in [4.78, 5) is 17.1. The largest absolute Gasteiger partial charge is 0.405 e. The van der Waals surface area contributed by atoms with Crippen molar-refractivity contribution in [1.29, 1.82) is 0 Å². The molecule has 1 fully saturated rings. The zero-order chi connectivity index (χ0) is 15.2. The first-order chi connectivity index (χ1) is 10.6. The Kier molecular flexibility index (Phi) is 2.73. The molecule has 110 valence electrons. The first-order valence-corrected chi connectivity index (χ1v) is 7.55. The number of carbonyl (C=O) groups is 1. The predicted molar refractivity (Wildman–Crippen MR) is 84.7 cm³/mol. The third-order valence-electron chi connectivity index (χ3n) is 4.80. The number of hydrogen-bond acceptors (Lipinski definition) is 3. The lowest BCUT2D eigenvalue weighted by atomic mass is 9.93. The molecule has 0 radical (unpaired) electrons. The average molecular weight is 291 g/mol. The van der Waals surface area contributed by atoms with Gasteiger partial charge in [-0.2, -0.15) is 0 Å². The average Bonchev–Trinajstić information content (AvgIpc) is 2.97. The molecule has 2 atom stereocenters. The van der Waals surface area contributed by atoms with E-state index in [1.165, 1.54) is 5.56 Å². The van der Waals surface area contributed by atoms with Gasteiger partial charge in [0, 0.05) is 11.0 Å². The number of nitrogens with zero attached hydrogens (tertiary/aromatic N) is 1. The third kappa shape index (κ3) is 1.89. The molecule has 3 heteroatoms. The predicted octanol–water partition coefficient (Wildman–Crippen LogP) is 3.38. The fourth-order valence-corrected chi connectivity index (χ4v) is 3.39. The van der Waals surface area contributed by atoms with Gasteiger partial charge >= 0.3 is 5.97 Å². The van der Waals surface area contributed by atoms with Crippen molar-refractivity contribution < 1.29 is 9.53 Å². The van der Waals surface area contributed by atoms with Crippen molar-refractivity contribution in [2.75, 3.05) is 0 Å². The van der Waals surface area contributed by atoms with E-state index in [9.17, 15) is 4.79 Å². The first kappa shape index (κ1) is 13.3. The second-order valence-electron chi connectivity index (χ2n) is 6.43. The van der Waals surface area contributed by atoms with Crippen LogP contribution in [-0.4, -0.2) is 17.4 Å². The number of esters is 1. The van der Waals surface area contributed by atoms with E-state index in [2.05, 4.69) is 24.0 Å². The van der Waals surface area contributed by atoms with Gasteiger partial charge < -0.3 is 4.74 Å². The topological polar surface area (TPSA) is 38.7 Å². The van der Waals surface area contributed by atoms with Crippen molar-refractivity contribution in [2.45, 2.75) is 25.3 Å². The zero-order valence-corrected chi connectivity index (χ0v) is 12.5. The van der Waals surface area contributed by atoms with Crippen molar-refractivity contribution in [1.82, 2.24) is 0 Å². The molecule has 2 aromatic carbocycles. The van der Waals surface area contributed by atoms with Crippen LogP contribution >= 0.6 is 0 Å². The molecule has 4 rings (SSSR count). The standard InChI is InChI=1S/C19H17NO2/c1-18(12-14-8-4-2-5-9-14)13-19(18)17(21)22-16(20-19)15-10-6-3-7-11-15/h2-11H,12-13H2,1H3/t18-,19-/m1/s1. The highest BCUT2D eigenvalue weighted by molar-refractivity contribution is 6.09. The maximum Gasteiger partial charge on any atom is 0.341 e. The summed E-state index contributed by atoms with van der Waals surface area (Å²) in [5.41, 5.74) is 1.26. The molecule has 0 saturated heterocycles. The zero-order valence-electron chi connectivity index (χ0n) is 12.5. The third-order valence-corrected chi connectivity index (χ3v) is 4.80. The Labute approximate surface area is 129 Å². The minimum atomic E-state index is -0.686. The highest BCUT2D eigenvalue weighted by atomic mass is 16.6. The van der Waals surface area contributed by atoms with Gasteiger partial charge in [0.2, 0.25) is 5.90 Å². The molecular formula is C19H17NO2. The Hall–Kier alpha value is -2.42. The van der Waals surface area contributed by atoms with E-state index >= 15 is 0 Å². The number of hydrogen-bond donors (Lipinski definition) is 0. The molecule has 1 aliphatic heterocycles. The Balaban J connectivity index is 1.63. The lowest BCUT2D eigenvalue weighted by Crippen LogP contribution is -2.25. The number of carbonyl (C=O) groups excluding carboxylic acids is 1. The van der Waals surface area contributed by atoms with E-state index in [1.54, 1.807) is 0 Å². The van der Waals surface area contributed by atoms with E-state index in [4.69, 9.17) is 4.74 Å².